The first kappa shape index (κ1) is 179. The van der Waals surface area contributed by atoms with Gasteiger partial charge in [-0.2, -0.15) is 0 Å². The van der Waals surface area contributed by atoms with Crippen molar-refractivity contribution in [2.75, 3.05) is 0 Å². The Morgan fingerprint density at radius 1 is 0.538 bits per heavy atom. The van der Waals surface area contributed by atoms with Crippen molar-refractivity contribution in [3.8, 4) is 0 Å². The van der Waals surface area contributed by atoms with Crippen molar-refractivity contribution in [3.63, 3.8) is 0 Å². The molecule has 0 spiro atoms. The van der Waals surface area contributed by atoms with E-state index in [2.05, 4.69) is 0 Å². The van der Waals surface area contributed by atoms with E-state index in [0.29, 0.717) is 0 Å². The first-order valence-corrected chi connectivity index (χ1v) is 0.775. The molecular formula is H21BMgO11. The fourth-order valence-electron chi connectivity index (χ4n) is 0. The summed E-state index contributed by atoms with van der Waals surface area (Å²) < 4.78 is 0. The predicted octanol–water partition coefficient (Wildman–Crippen LogP) is -8.81. The second kappa shape index (κ2) is 140. The first-order valence-electron chi connectivity index (χ1n) is 0.775. The molecule has 0 radical (unpaired) electrons. The Morgan fingerprint density at radius 2 is 0.538 bits per heavy atom. The Balaban J connectivity index is -0.000000000818. The zero-order valence-corrected chi connectivity index (χ0v) is 8.04. The Bertz CT molecular complexity index is 23.3. The topological polar surface area (TPSA) is 313 Å². The van der Waals surface area contributed by atoms with Crippen LogP contribution in [0.3, 0.4) is 0 Å². The summed E-state index contributed by atoms with van der Waals surface area (Å²) >= 11 is 0. The van der Waals surface area contributed by atoms with Gasteiger partial charge in [-0.05, 0) is 0 Å². The maximum absolute atomic E-state index is 7.17. The van der Waals surface area contributed by atoms with Crippen molar-refractivity contribution in [2.45, 2.75) is 0 Å². The van der Waals surface area contributed by atoms with Crippen molar-refractivity contribution in [1.29, 1.82) is 0 Å². The van der Waals surface area contributed by atoms with Crippen LogP contribution in [0.15, 0.2) is 0 Å². The molecule has 0 saturated carbocycles. The Morgan fingerprint density at radius 3 is 0.538 bits per heavy atom. The van der Waals surface area contributed by atoms with E-state index in [1.807, 2.05) is 0 Å². The molecule has 0 aliphatic carbocycles. The molecule has 0 aromatic rings. The standard InChI is InChI=1S/BH3O3.Mg.8H2O.2H/c2-1(3)4;;;;;;;;;;;/h2-4H;;8*1H2;;/q;+2;;;;;;;;;2*-1. The summed E-state index contributed by atoms with van der Waals surface area (Å²) in [5, 5.41) is 21.5. The van der Waals surface area contributed by atoms with Crippen molar-refractivity contribution in [1.82, 2.24) is 0 Å². The van der Waals surface area contributed by atoms with E-state index in [4.69, 9.17) is 15.1 Å². The Hall–Kier alpha value is 0.391. The fourth-order valence-corrected chi connectivity index (χ4v) is 0. The van der Waals surface area contributed by atoms with E-state index in [0.717, 1.165) is 0 Å². The third-order valence-corrected chi connectivity index (χ3v) is 0. The molecule has 0 rings (SSSR count). The molecule has 0 saturated heterocycles. The van der Waals surface area contributed by atoms with Crippen LogP contribution in [-0.4, -0.2) is 89.3 Å². The minimum atomic E-state index is -2.17. The molecule has 11 nitrogen and oxygen atoms in total. The normalized spacial score (nSPS) is 2.08. The minimum Gasteiger partial charge on any atom is -1.00 e. The van der Waals surface area contributed by atoms with Gasteiger partial charge in [0.1, 0.15) is 0 Å². The second-order valence-electron chi connectivity index (χ2n) is 0.346. The van der Waals surface area contributed by atoms with Crippen LogP contribution in [-0.2, 0) is 0 Å². The van der Waals surface area contributed by atoms with Gasteiger partial charge in [-0.15, -0.1) is 0 Å². The Labute approximate surface area is 92.8 Å². The maximum atomic E-state index is 7.17. The van der Waals surface area contributed by atoms with Crippen LogP contribution >= 0.6 is 0 Å². The summed E-state index contributed by atoms with van der Waals surface area (Å²) in [7, 11) is -2.17. The molecule has 0 fully saturated rings. The van der Waals surface area contributed by atoms with Gasteiger partial charge in [0.2, 0.25) is 0 Å². The summed E-state index contributed by atoms with van der Waals surface area (Å²) in [6.07, 6.45) is 0. The van der Waals surface area contributed by atoms with Gasteiger partial charge >= 0.3 is 30.4 Å². The SMILES string of the molecule is O.O.O.O.O.O.O.O.OB(O)O.[H-].[H-].[Mg+2]. The molecule has 0 amide bonds. The van der Waals surface area contributed by atoms with Crippen LogP contribution in [0.2, 0.25) is 0 Å². The average molecular weight is 232 g/mol. The van der Waals surface area contributed by atoms with E-state index < -0.39 is 7.32 Å². The van der Waals surface area contributed by atoms with Gasteiger partial charge in [-0.1, -0.05) is 0 Å². The van der Waals surface area contributed by atoms with Crippen molar-refractivity contribution < 1.29 is 61.7 Å². The van der Waals surface area contributed by atoms with Crippen LogP contribution in [0.25, 0.3) is 0 Å². The van der Waals surface area contributed by atoms with Crippen molar-refractivity contribution >= 4 is 30.4 Å². The fraction of sp³-hybridized carbons (Fsp3) is 0. The number of rotatable bonds is 0. The van der Waals surface area contributed by atoms with Crippen LogP contribution in [0, 0.1) is 0 Å². The van der Waals surface area contributed by atoms with E-state index in [1.54, 1.807) is 0 Å². The van der Waals surface area contributed by atoms with Gasteiger partial charge in [-0.3, -0.25) is 0 Å². The van der Waals surface area contributed by atoms with Gasteiger partial charge in [0, 0.05) is 0 Å². The van der Waals surface area contributed by atoms with Gasteiger partial charge in [0.05, 0.1) is 0 Å². The molecular weight excluding hydrogens is 211 g/mol. The maximum Gasteiger partial charge on any atom is 2.00 e. The number of hydrogen-bond donors (Lipinski definition) is 3. The third-order valence-electron chi connectivity index (χ3n) is 0. The zero-order valence-electron chi connectivity index (χ0n) is 8.63. The molecule has 0 aromatic heterocycles. The summed E-state index contributed by atoms with van der Waals surface area (Å²) in [6, 6.07) is 0. The van der Waals surface area contributed by atoms with Gasteiger partial charge in [-0.25, -0.2) is 0 Å². The van der Waals surface area contributed by atoms with E-state index in [9.17, 15) is 0 Å². The molecule has 13 heteroatoms. The monoisotopic (exact) mass is 232 g/mol. The van der Waals surface area contributed by atoms with Gasteiger partial charge in [0.15, 0.2) is 0 Å². The summed E-state index contributed by atoms with van der Waals surface area (Å²) in [5.41, 5.74) is 0. The molecule has 0 aromatic carbocycles. The quantitative estimate of drug-likeness (QED) is 0.342. The van der Waals surface area contributed by atoms with Crippen LogP contribution < -0.4 is 0 Å². The average Bonchev–Trinajstić information content (AvgIpc) is 0.811. The third kappa shape index (κ3) is 8740. The largest absolute Gasteiger partial charge is 2.00 e. The number of hydrogen-bond acceptors (Lipinski definition) is 3. The smallest absolute Gasteiger partial charge is 1.00 e. The molecule has 0 atom stereocenters. The summed E-state index contributed by atoms with van der Waals surface area (Å²) in [4.78, 5) is 0. The Kier molecular flexibility index (Phi) is 1920. The van der Waals surface area contributed by atoms with Crippen molar-refractivity contribution in [2.24, 2.45) is 0 Å². The second-order valence-corrected chi connectivity index (χ2v) is 0.346. The van der Waals surface area contributed by atoms with E-state index in [-0.39, 0.29) is 69.7 Å². The molecule has 0 unspecified atom stereocenters. The molecule has 0 heterocycles. The van der Waals surface area contributed by atoms with Crippen LogP contribution in [0.4, 0.5) is 0 Å². The predicted molar refractivity (Wildman–Crippen MR) is 49.3 cm³/mol. The molecule has 0 aliphatic rings. The molecule has 0 bridgehead atoms. The summed E-state index contributed by atoms with van der Waals surface area (Å²) in [5.74, 6) is 0. The first-order chi connectivity index (χ1) is 1.73. The zero-order chi connectivity index (χ0) is 3.58. The van der Waals surface area contributed by atoms with E-state index in [1.165, 1.54) is 0 Å². The molecule has 0 aliphatic heterocycles. The molecule has 13 heavy (non-hydrogen) atoms. The summed E-state index contributed by atoms with van der Waals surface area (Å²) in [6.45, 7) is 0. The van der Waals surface area contributed by atoms with Crippen LogP contribution in [0.5, 0.6) is 0 Å². The minimum absolute atomic E-state index is 0. The molecule has 19 N–H and O–H groups in total. The van der Waals surface area contributed by atoms with Gasteiger partial charge < -0.3 is 61.7 Å². The van der Waals surface area contributed by atoms with Crippen molar-refractivity contribution in [3.05, 3.63) is 0 Å². The van der Waals surface area contributed by atoms with Crippen LogP contribution in [0.1, 0.15) is 2.85 Å². The van der Waals surface area contributed by atoms with Gasteiger partial charge in [0.25, 0.3) is 0 Å². The van der Waals surface area contributed by atoms with E-state index >= 15 is 0 Å². The molecule has 92 valence electrons.